The Labute approximate surface area is 116 Å². The summed E-state index contributed by atoms with van der Waals surface area (Å²) in [5.74, 6) is -0.310. The van der Waals surface area contributed by atoms with Gasteiger partial charge in [-0.05, 0) is 13.3 Å². The first-order chi connectivity index (χ1) is 8.58. The second-order valence-corrected chi connectivity index (χ2v) is 4.31. The van der Waals surface area contributed by atoms with Gasteiger partial charge in [0.1, 0.15) is 6.54 Å². The maximum absolute atomic E-state index is 11.5. The van der Waals surface area contributed by atoms with Crippen LogP contribution in [-0.2, 0) is 9.53 Å². The number of halogens is 2. The van der Waals surface area contributed by atoms with E-state index in [1.54, 1.807) is 17.9 Å². The Balaban J connectivity index is 2.89. The molecule has 0 atom stereocenters. The molecule has 0 aromatic carbocycles. The third kappa shape index (κ3) is 4.31. The number of anilines is 1. The lowest BCUT2D eigenvalue weighted by Crippen LogP contribution is -2.32. The van der Waals surface area contributed by atoms with Crippen LogP contribution in [0.4, 0.5) is 5.69 Å². The number of aromatic nitrogens is 2. The number of rotatable bonds is 6. The van der Waals surface area contributed by atoms with Gasteiger partial charge in [0.15, 0.2) is 10.3 Å². The van der Waals surface area contributed by atoms with Gasteiger partial charge < -0.3 is 9.64 Å². The second-order valence-electron chi connectivity index (χ2n) is 3.57. The van der Waals surface area contributed by atoms with Gasteiger partial charge in [0.05, 0.1) is 12.3 Å². The minimum atomic E-state index is -0.310. The monoisotopic (exact) mass is 291 g/mol. The Bertz CT molecular complexity index is 415. The van der Waals surface area contributed by atoms with Gasteiger partial charge in [0.2, 0.25) is 0 Å². The predicted molar refractivity (Wildman–Crippen MR) is 71.2 cm³/mol. The SMILES string of the molecule is CCCN(CC(=O)OCC)c1cc(Cl)nnc1Cl. The molecule has 0 saturated heterocycles. The second kappa shape index (κ2) is 7.38. The molecule has 0 aliphatic carbocycles. The van der Waals surface area contributed by atoms with Gasteiger partial charge in [0, 0.05) is 12.6 Å². The average molecular weight is 292 g/mol. The molecule has 0 aliphatic heterocycles. The number of ether oxygens (including phenoxy) is 1. The zero-order valence-corrected chi connectivity index (χ0v) is 11.8. The van der Waals surface area contributed by atoms with Crippen molar-refractivity contribution in [3.8, 4) is 0 Å². The van der Waals surface area contributed by atoms with Crippen molar-refractivity contribution in [3.63, 3.8) is 0 Å². The van der Waals surface area contributed by atoms with Gasteiger partial charge in [-0.3, -0.25) is 4.79 Å². The standard InChI is InChI=1S/C11H15Cl2N3O2/c1-3-5-16(7-10(17)18-4-2)8-6-9(12)14-15-11(8)13/h6H,3-5,7H2,1-2H3. The Hall–Kier alpha value is -1.07. The number of hydrogen-bond acceptors (Lipinski definition) is 5. The molecule has 1 heterocycles. The molecule has 100 valence electrons. The minimum Gasteiger partial charge on any atom is -0.465 e. The van der Waals surface area contributed by atoms with Crippen LogP contribution in [0, 0.1) is 0 Å². The normalized spacial score (nSPS) is 10.2. The molecule has 0 bridgehead atoms. The van der Waals surface area contributed by atoms with Crippen LogP contribution in [-0.4, -0.2) is 35.9 Å². The molecule has 0 N–H and O–H groups in total. The van der Waals surface area contributed by atoms with Crippen molar-refractivity contribution >= 4 is 34.9 Å². The highest BCUT2D eigenvalue weighted by Gasteiger charge is 2.16. The van der Waals surface area contributed by atoms with Crippen molar-refractivity contribution in [1.82, 2.24) is 10.2 Å². The van der Waals surface area contributed by atoms with Gasteiger partial charge in [-0.2, -0.15) is 0 Å². The molecule has 0 spiro atoms. The number of nitrogens with zero attached hydrogens (tertiary/aromatic N) is 3. The van der Waals surface area contributed by atoms with E-state index in [1.165, 1.54) is 0 Å². The lowest BCUT2D eigenvalue weighted by Gasteiger charge is -2.23. The van der Waals surface area contributed by atoms with E-state index in [0.29, 0.717) is 18.8 Å². The van der Waals surface area contributed by atoms with Gasteiger partial charge in [-0.1, -0.05) is 30.1 Å². The minimum absolute atomic E-state index is 0.115. The summed E-state index contributed by atoms with van der Waals surface area (Å²) in [6.07, 6.45) is 0.857. The summed E-state index contributed by atoms with van der Waals surface area (Å²) in [6.45, 7) is 4.88. The molecule has 0 aliphatic rings. The largest absolute Gasteiger partial charge is 0.465 e. The molecule has 0 radical (unpaired) electrons. The molecule has 1 aromatic heterocycles. The molecule has 0 amide bonds. The molecule has 18 heavy (non-hydrogen) atoms. The smallest absolute Gasteiger partial charge is 0.325 e. The van der Waals surface area contributed by atoms with Crippen molar-refractivity contribution in [1.29, 1.82) is 0 Å². The third-order valence-electron chi connectivity index (χ3n) is 2.16. The van der Waals surface area contributed by atoms with Crippen LogP contribution in [0.2, 0.25) is 10.3 Å². The van der Waals surface area contributed by atoms with Crippen molar-refractivity contribution in [2.24, 2.45) is 0 Å². The summed E-state index contributed by atoms with van der Waals surface area (Å²) in [5, 5.41) is 7.82. The average Bonchev–Trinajstić information content (AvgIpc) is 2.32. The molecule has 5 nitrogen and oxygen atoms in total. The summed E-state index contributed by atoms with van der Waals surface area (Å²) in [4.78, 5) is 13.3. The number of carbonyl (C=O) groups excluding carboxylic acids is 1. The fourth-order valence-electron chi connectivity index (χ4n) is 1.48. The summed E-state index contributed by atoms with van der Waals surface area (Å²) >= 11 is 11.7. The topological polar surface area (TPSA) is 55.3 Å². The van der Waals surface area contributed by atoms with Crippen molar-refractivity contribution in [2.45, 2.75) is 20.3 Å². The van der Waals surface area contributed by atoms with E-state index < -0.39 is 0 Å². The van der Waals surface area contributed by atoms with E-state index in [1.807, 2.05) is 6.92 Å². The van der Waals surface area contributed by atoms with Crippen LogP contribution in [0.5, 0.6) is 0 Å². The Morgan fingerprint density at radius 2 is 2.11 bits per heavy atom. The third-order valence-corrected chi connectivity index (χ3v) is 2.61. The molecule has 7 heteroatoms. The Kier molecular flexibility index (Phi) is 6.15. The molecule has 1 rings (SSSR count). The van der Waals surface area contributed by atoms with Crippen LogP contribution in [0.1, 0.15) is 20.3 Å². The molecular formula is C11H15Cl2N3O2. The molecule has 0 fully saturated rings. The molecular weight excluding hydrogens is 277 g/mol. The van der Waals surface area contributed by atoms with Gasteiger partial charge in [0.25, 0.3) is 0 Å². The quantitative estimate of drug-likeness (QED) is 0.754. The van der Waals surface area contributed by atoms with E-state index in [9.17, 15) is 4.79 Å². The van der Waals surface area contributed by atoms with Crippen molar-refractivity contribution < 1.29 is 9.53 Å². The fraction of sp³-hybridized carbons (Fsp3) is 0.545. The molecule has 0 saturated carbocycles. The Morgan fingerprint density at radius 3 is 2.72 bits per heavy atom. The Morgan fingerprint density at radius 1 is 1.39 bits per heavy atom. The van der Waals surface area contributed by atoms with E-state index in [4.69, 9.17) is 27.9 Å². The zero-order chi connectivity index (χ0) is 13.5. The lowest BCUT2D eigenvalue weighted by molar-refractivity contribution is -0.141. The van der Waals surface area contributed by atoms with Crippen LogP contribution in [0.25, 0.3) is 0 Å². The predicted octanol–water partition coefficient (Wildman–Crippen LogP) is 2.56. The first-order valence-corrected chi connectivity index (χ1v) is 6.43. The summed E-state index contributed by atoms with van der Waals surface area (Å²) in [6, 6.07) is 1.59. The highest BCUT2D eigenvalue weighted by atomic mass is 35.5. The lowest BCUT2D eigenvalue weighted by atomic mass is 10.3. The van der Waals surface area contributed by atoms with Crippen molar-refractivity contribution in [2.75, 3.05) is 24.6 Å². The zero-order valence-electron chi connectivity index (χ0n) is 10.3. The van der Waals surface area contributed by atoms with Crippen LogP contribution >= 0.6 is 23.2 Å². The fourth-order valence-corrected chi connectivity index (χ4v) is 1.84. The van der Waals surface area contributed by atoms with Gasteiger partial charge in [-0.25, -0.2) is 0 Å². The summed E-state index contributed by atoms with van der Waals surface area (Å²) < 4.78 is 4.92. The number of hydrogen-bond donors (Lipinski definition) is 0. The molecule has 1 aromatic rings. The van der Waals surface area contributed by atoms with E-state index in [2.05, 4.69) is 10.2 Å². The highest BCUT2D eigenvalue weighted by molar-refractivity contribution is 6.33. The van der Waals surface area contributed by atoms with E-state index in [0.717, 1.165) is 6.42 Å². The first kappa shape index (κ1) is 15.0. The maximum Gasteiger partial charge on any atom is 0.325 e. The molecule has 0 unspecified atom stereocenters. The van der Waals surface area contributed by atoms with Gasteiger partial charge >= 0.3 is 5.97 Å². The van der Waals surface area contributed by atoms with E-state index in [-0.39, 0.29) is 22.8 Å². The van der Waals surface area contributed by atoms with E-state index >= 15 is 0 Å². The number of esters is 1. The van der Waals surface area contributed by atoms with Crippen molar-refractivity contribution in [3.05, 3.63) is 16.4 Å². The summed E-state index contributed by atoms with van der Waals surface area (Å²) in [7, 11) is 0. The van der Waals surface area contributed by atoms with Gasteiger partial charge in [-0.15, -0.1) is 10.2 Å². The highest BCUT2D eigenvalue weighted by Crippen LogP contribution is 2.25. The van der Waals surface area contributed by atoms with Crippen LogP contribution in [0.15, 0.2) is 6.07 Å². The summed E-state index contributed by atoms with van der Waals surface area (Å²) in [5.41, 5.74) is 0.589. The first-order valence-electron chi connectivity index (χ1n) is 5.67. The number of carbonyl (C=O) groups is 1. The van der Waals surface area contributed by atoms with Crippen LogP contribution in [0.3, 0.4) is 0 Å². The van der Waals surface area contributed by atoms with Crippen LogP contribution < -0.4 is 4.90 Å². The maximum atomic E-state index is 11.5.